The van der Waals surface area contributed by atoms with Gasteiger partial charge >= 0.3 is 0 Å². The number of ether oxygens (including phenoxy) is 1. The van der Waals surface area contributed by atoms with E-state index < -0.39 is 0 Å². The Kier molecular flexibility index (Phi) is 3.59. The number of alkyl halides is 1. The molecule has 12 heavy (non-hydrogen) atoms. The molecule has 0 aromatic carbocycles. The Balaban J connectivity index is 2.36. The zero-order chi connectivity index (χ0) is 9.19. The predicted octanol–water partition coefficient (Wildman–Crippen LogP) is 3.22. The average molecular weight is 235 g/mol. The van der Waals surface area contributed by atoms with Crippen LogP contribution in [-0.4, -0.2) is 18.0 Å². The van der Waals surface area contributed by atoms with Crippen LogP contribution in [0.25, 0.3) is 0 Å². The SMILES string of the molecule is CCOC1CC(CCBr)C1(C)C. The lowest BCUT2D eigenvalue weighted by atomic mass is 9.59. The van der Waals surface area contributed by atoms with E-state index in [-0.39, 0.29) is 0 Å². The van der Waals surface area contributed by atoms with Crippen LogP contribution in [-0.2, 0) is 4.74 Å². The smallest absolute Gasteiger partial charge is 0.0631 e. The molecular weight excluding hydrogens is 216 g/mol. The van der Waals surface area contributed by atoms with Crippen molar-refractivity contribution in [3.05, 3.63) is 0 Å². The molecule has 0 heterocycles. The normalized spacial score (nSPS) is 33.0. The van der Waals surface area contributed by atoms with Gasteiger partial charge in [0.25, 0.3) is 0 Å². The second kappa shape index (κ2) is 4.10. The summed E-state index contributed by atoms with van der Waals surface area (Å²) in [5.74, 6) is 0.855. The summed E-state index contributed by atoms with van der Waals surface area (Å²) in [5, 5.41) is 1.12. The molecule has 0 aromatic rings. The van der Waals surface area contributed by atoms with Crippen LogP contribution in [0.4, 0.5) is 0 Å². The summed E-state index contributed by atoms with van der Waals surface area (Å²) in [5.41, 5.74) is 0.407. The molecule has 72 valence electrons. The Morgan fingerprint density at radius 2 is 2.17 bits per heavy atom. The van der Waals surface area contributed by atoms with Gasteiger partial charge in [-0.15, -0.1) is 0 Å². The van der Waals surface area contributed by atoms with Crippen LogP contribution in [0.2, 0.25) is 0 Å². The van der Waals surface area contributed by atoms with E-state index in [9.17, 15) is 0 Å². The van der Waals surface area contributed by atoms with Crippen LogP contribution in [0.5, 0.6) is 0 Å². The fraction of sp³-hybridized carbons (Fsp3) is 1.00. The lowest BCUT2D eigenvalue weighted by Crippen LogP contribution is -2.50. The van der Waals surface area contributed by atoms with E-state index in [1.165, 1.54) is 12.8 Å². The van der Waals surface area contributed by atoms with Crippen molar-refractivity contribution >= 4 is 15.9 Å². The van der Waals surface area contributed by atoms with Crippen LogP contribution in [0, 0.1) is 11.3 Å². The second-order valence-corrected chi connectivity index (χ2v) is 4.97. The van der Waals surface area contributed by atoms with Crippen molar-refractivity contribution in [3.63, 3.8) is 0 Å². The average Bonchev–Trinajstić information content (AvgIpc) is 2.03. The van der Waals surface area contributed by atoms with Gasteiger partial charge in [-0.2, -0.15) is 0 Å². The Morgan fingerprint density at radius 1 is 1.50 bits per heavy atom. The minimum absolute atomic E-state index is 0.407. The van der Waals surface area contributed by atoms with Crippen LogP contribution in [0.3, 0.4) is 0 Å². The molecule has 2 atom stereocenters. The first-order valence-electron chi connectivity index (χ1n) is 4.80. The molecule has 2 unspecified atom stereocenters. The highest BCUT2D eigenvalue weighted by Gasteiger charge is 2.47. The van der Waals surface area contributed by atoms with Crippen LogP contribution < -0.4 is 0 Å². The summed E-state index contributed by atoms with van der Waals surface area (Å²) in [6.07, 6.45) is 3.05. The molecule has 1 saturated carbocycles. The quantitative estimate of drug-likeness (QED) is 0.680. The first-order chi connectivity index (χ1) is 5.62. The monoisotopic (exact) mass is 234 g/mol. The molecule has 1 rings (SSSR count). The molecule has 2 heteroatoms. The summed E-state index contributed by atoms with van der Waals surface area (Å²) in [6.45, 7) is 7.58. The zero-order valence-electron chi connectivity index (χ0n) is 8.27. The zero-order valence-corrected chi connectivity index (χ0v) is 9.86. The lowest BCUT2D eigenvalue weighted by Gasteiger charge is -2.51. The first-order valence-corrected chi connectivity index (χ1v) is 5.92. The predicted molar refractivity (Wildman–Crippen MR) is 55.7 cm³/mol. The molecule has 1 fully saturated rings. The van der Waals surface area contributed by atoms with Gasteiger partial charge < -0.3 is 4.74 Å². The van der Waals surface area contributed by atoms with Crippen molar-refractivity contribution in [1.29, 1.82) is 0 Å². The molecule has 0 saturated heterocycles. The van der Waals surface area contributed by atoms with Gasteiger partial charge in [-0.05, 0) is 31.1 Å². The first kappa shape index (κ1) is 10.5. The van der Waals surface area contributed by atoms with Crippen LogP contribution in [0.1, 0.15) is 33.6 Å². The maximum atomic E-state index is 5.65. The van der Waals surface area contributed by atoms with E-state index in [0.717, 1.165) is 17.9 Å². The molecule has 0 amide bonds. The molecule has 0 aromatic heterocycles. The molecule has 1 aliphatic carbocycles. The van der Waals surface area contributed by atoms with E-state index in [2.05, 4.69) is 36.7 Å². The van der Waals surface area contributed by atoms with Crippen molar-refractivity contribution in [1.82, 2.24) is 0 Å². The Labute approximate surface area is 84.0 Å². The van der Waals surface area contributed by atoms with Gasteiger partial charge in [-0.25, -0.2) is 0 Å². The van der Waals surface area contributed by atoms with Crippen molar-refractivity contribution in [2.75, 3.05) is 11.9 Å². The maximum Gasteiger partial charge on any atom is 0.0631 e. The summed E-state index contributed by atoms with van der Waals surface area (Å²) in [7, 11) is 0. The van der Waals surface area contributed by atoms with E-state index in [0.29, 0.717) is 11.5 Å². The molecule has 0 radical (unpaired) electrons. The molecule has 0 bridgehead atoms. The highest BCUT2D eigenvalue weighted by atomic mass is 79.9. The van der Waals surface area contributed by atoms with Crippen molar-refractivity contribution < 1.29 is 4.74 Å². The third kappa shape index (κ3) is 1.85. The summed E-state index contributed by atoms with van der Waals surface area (Å²) < 4.78 is 5.65. The molecular formula is C10H19BrO. The van der Waals surface area contributed by atoms with Gasteiger partial charge in [0, 0.05) is 11.9 Å². The number of rotatable bonds is 4. The van der Waals surface area contributed by atoms with Gasteiger partial charge in [-0.1, -0.05) is 29.8 Å². The Morgan fingerprint density at radius 3 is 2.58 bits per heavy atom. The van der Waals surface area contributed by atoms with Crippen molar-refractivity contribution in [2.24, 2.45) is 11.3 Å². The van der Waals surface area contributed by atoms with E-state index in [4.69, 9.17) is 4.74 Å². The van der Waals surface area contributed by atoms with Gasteiger partial charge in [0.05, 0.1) is 6.10 Å². The fourth-order valence-corrected chi connectivity index (χ4v) is 2.63. The largest absolute Gasteiger partial charge is 0.378 e. The summed E-state index contributed by atoms with van der Waals surface area (Å²) >= 11 is 3.49. The van der Waals surface area contributed by atoms with Gasteiger partial charge in [0.15, 0.2) is 0 Å². The van der Waals surface area contributed by atoms with Gasteiger partial charge in [-0.3, -0.25) is 0 Å². The Hall–Kier alpha value is 0.440. The van der Waals surface area contributed by atoms with Crippen LogP contribution in [0.15, 0.2) is 0 Å². The van der Waals surface area contributed by atoms with E-state index >= 15 is 0 Å². The summed E-state index contributed by atoms with van der Waals surface area (Å²) in [6, 6.07) is 0. The fourth-order valence-electron chi connectivity index (χ4n) is 2.07. The maximum absolute atomic E-state index is 5.65. The molecule has 1 nitrogen and oxygen atoms in total. The van der Waals surface area contributed by atoms with Crippen LogP contribution >= 0.6 is 15.9 Å². The number of hydrogen-bond donors (Lipinski definition) is 0. The lowest BCUT2D eigenvalue weighted by molar-refractivity contribution is -0.135. The van der Waals surface area contributed by atoms with E-state index in [1.807, 2.05) is 0 Å². The number of halogens is 1. The van der Waals surface area contributed by atoms with Crippen molar-refractivity contribution in [2.45, 2.75) is 39.7 Å². The molecule has 0 aliphatic heterocycles. The molecule has 0 spiro atoms. The van der Waals surface area contributed by atoms with E-state index in [1.54, 1.807) is 0 Å². The second-order valence-electron chi connectivity index (χ2n) is 4.18. The topological polar surface area (TPSA) is 9.23 Å². The highest BCUT2D eigenvalue weighted by molar-refractivity contribution is 9.09. The highest BCUT2D eigenvalue weighted by Crippen LogP contribution is 2.49. The summed E-state index contributed by atoms with van der Waals surface area (Å²) in [4.78, 5) is 0. The molecule has 1 aliphatic rings. The van der Waals surface area contributed by atoms with Gasteiger partial charge in [0.2, 0.25) is 0 Å². The Bertz CT molecular complexity index is 131. The minimum atomic E-state index is 0.407. The third-order valence-electron chi connectivity index (χ3n) is 3.21. The minimum Gasteiger partial charge on any atom is -0.378 e. The number of hydrogen-bond acceptors (Lipinski definition) is 1. The standard InChI is InChI=1S/C10H19BrO/c1-4-12-9-7-8(5-6-11)10(9,2)3/h8-9H,4-7H2,1-3H3. The molecule has 0 N–H and O–H groups in total. The third-order valence-corrected chi connectivity index (χ3v) is 3.66. The van der Waals surface area contributed by atoms with Gasteiger partial charge in [0.1, 0.15) is 0 Å². The van der Waals surface area contributed by atoms with Crippen molar-refractivity contribution in [3.8, 4) is 0 Å².